The van der Waals surface area contributed by atoms with E-state index < -0.39 is 10.2 Å². The van der Waals surface area contributed by atoms with Crippen molar-refractivity contribution in [2.24, 2.45) is 7.05 Å². The van der Waals surface area contributed by atoms with Crippen molar-refractivity contribution in [3.05, 3.63) is 17.0 Å². The first-order valence-corrected chi connectivity index (χ1v) is 11.3. The number of rotatable bonds is 6. The summed E-state index contributed by atoms with van der Waals surface area (Å²) in [4.78, 5) is 15.3. The maximum Gasteiger partial charge on any atom is 0.278 e. The first kappa shape index (κ1) is 20.3. The first-order valence-electron chi connectivity index (χ1n) is 9.84. The third kappa shape index (κ3) is 4.35. The summed E-state index contributed by atoms with van der Waals surface area (Å²) in [7, 11) is 1.43. The molecule has 1 amide bonds. The Labute approximate surface area is 162 Å². The van der Waals surface area contributed by atoms with Crippen molar-refractivity contribution in [2.75, 3.05) is 27.2 Å². The van der Waals surface area contributed by atoms with Crippen molar-refractivity contribution < 1.29 is 13.2 Å². The van der Waals surface area contributed by atoms with Crippen molar-refractivity contribution in [1.82, 2.24) is 23.7 Å². The fraction of sp³-hybridized carbons (Fsp3) is 0.778. The predicted molar refractivity (Wildman–Crippen MR) is 104 cm³/mol. The van der Waals surface area contributed by atoms with E-state index in [0.29, 0.717) is 13.0 Å². The lowest BCUT2D eigenvalue weighted by Gasteiger charge is -2.36. The minimum atomic E-state index is -3.43. The Morgan fingerprint density at radius 3 is 2.70 bits per heavy atom. The number of hydrogen-bond acceptors (Lipinski definition) is 4. The molecule has 0 saturated carbocycles. The zero-order valence-electron chi connectivity index (χ0n) is 16.6. The van der Waals surface area contributed by atoms with E-state index in [0.717, 1.165) is 68.4 Å². The average Bonchev–Trinajstić information content (AvgIpc) is 2.97. The molecule has 1 aromatic heterocycles. The van der Waals surface area contributed by atoms with E-state index in [1.165, 1.54) is 18.4 Å². The molecule has 1 unspecified atom stereocenters. The average molecular weight is 398 g/mol. The molecule has 27 heavy (non-hydrogen) atoms. The molecule has 1 fully saturated rings. The molecule has 8 nitrogen and oxygen atoms in total. The van der Waals surface area contributed by atoms with Crippen molar-refractivity contribution in [2.45, 2.75) is 57.4 Å². The van der Waals surface area contributed by atoms with Gasteiger partial charge in [-0.1, -0.05) is 0 Å². The number of carbonyl (C=O) groups is 1. The number of fused-ring (bicyclic) bond motifs is 1. The quantitative estimate of drug-likeness (QED) is 0.778. The summed E-state index contributed by atoms with van der Waals surface area (Å²) in [5.74, 6) is 0.0494. The SMILES string of the molecule is CN(C)S(=O)(=O)NCCC1CCCCN1C(=O)c1c2c(nn1C)CCCC2. The van der Waals surface area contributed by atoms with Crippen LogP contribution in [0.5, 0.6) is 0 Å². The second-order valence-corrected chi connectivity index (χ2v) is 9.69. The van der Waals surface area contributed by atoms with Gasteiger partial charge in [0.05, 0.1) is 5.69 Å². The molecule has 0 radical (unpaired) electrons. The van der Waals surface area contributed by atoms with Gasteiger partial charge in [-0.2, -0.15) is 17.8 Å². The van der Waals surface area contributed by atoms with Crippen LogP contribution in [0.25, 0.3) is 0 Å². The summed E-state index contributed by atoms with van der Waals surface area (Å²) >= 11 is 0. The van der Waals surface area contributed by atoms with E-state index in [2.05, 4.69) is 9.82 Å². The van der Waals surface area contributed by atoms with Crippen molar-refractivity contribution >= 4 is 16.1 Å². The lowest BCUT2D eigenvalue weighted by atomic mass is 9.94. The third-order valence-corrected chi connectivity index (χ3v) is 7.18. The third-order valence-electron chi connectivity index (χ3n) is 5.65. The Hall–Kier alpha value is -1.45. The standard InChI is InChI=1S/C18H31N5O3S/c1-21(2)27(25,26)19-12-11-14-8-6-7-13-23(14)18(24)17-15-9-4-5-10-16(15)20-22(17)3/h14,19H,4-13H2,1-3H3. The van der Waals surface area contributed by atoms with Gasteiger partial charge in [0.15, 0.2) is 0 Å². The summed E-state index contributed by atoms with van der Waals surface area (Å²) in [6.07, 6.45) is 7.71. The summed E-state index contributed by atoms with van der Waals surface area (Å²) in [6.45, 7) is 1.06. The zero-order chi connectivity index (χ0) is 19.6. The van der Waals surface area contributed by atoms with Gasteiger partial charge >= 0.3 is 0 Å². The summed E-state index contributed by atoms with van der Waals surface area (Å²) < 4.78 is 29.3. The molecule has 1 aliphatic carbocycles. The number of nitrogens with one attached hydrogen (secondary N) is 1. The fourth-order valence-electron chi connectivity index (χ4n) is 4.14. The molecular weight excluding hydrogens is 366 g/mol. The second-order valence-electron chi connectivity index (χ2n) is 7.72. The molecule has 1 atom stereocenters. The lowest BCUT2D eigenvalue weighted by molar-refractivity contribution is 0.0591. The molecule has 152 valence electrons. The summed E-state index contributed by atoms with van der Waals surface area (Å²) in [5, 5.41) is 4.58. The van der Waals surface area contributed by atoms with Gasteiger partial charge in [0.2, 0.25) is 0 Å². The van der Waals surface area contributed by atoms with Crippen LogP contribution in [0.3, 0.4) is 0 Å². The van der Waals surface area contributed by atoms with E-state index in [1.807, 2.05) is 11.9 Å². The Morgan fingerprint density at radius 2 is 1.96 bits per heavy atom. The van der Waals surface area contributed by atoms with Gasteiger partial charge in [0.1, 0.15) is 5.69 Å². The normalized spacial score (nSPS) is 20.7. The Kier molecular flexibility index (Phi) is 6.22. The molecule has 1 aliphatic heterocycles. The number of likely N-dealkylation sites (tertiary alicyclic amines) is 1. The van der Waals surface area contributed by atoms with E-state index in [-0.39, 0.29) is 11.9 Å². The number of aryl methyl sites for hydroxylation is 2. The van der Waals surface area contributed by atoms with Crippen molar-refractivity contribution in [3.8, 4) is 0 Å². The minimum Gasteiger partial charge on any atom is -0.334 e. The summed E-state index contributed by atoms with van der Waals surface area (Å²) in [6, 6.07) is 0.0604. The molecule has 0 spiro atoms. The van der Waals surface area contributed by atoms with Crippen LogP contribution < -0.4 is 4.72 Å². The van der Waals surface area contributed by atoms with Crippen LogP contribution in [0.4, 0.5) is 0 Å². The maximum atomic E-state index is 13.4. The monoisotopic (exact) mass is 397 g/mol. The van der Waals surface area contributed by atoms with Crippen molar-refractivity contribution in [1.29, 1.82) is 0 Å². The van der Waals surface area contributed by atoms with E-state index in [1.54, 1.807) is 4.68 Å². The number of hydrogen-bond donors (Lipinski definition) is 1. The van der Waals surface area contributed by atoms with Gasteiger partial charge in [-0.15, -0.1) is 0 Å². The minimum absolute atomic E-state index is 0.0494. The highest BCUT2D eigenvalue weighted by atomic mass is 32.2. The summed E-state index contributed by atoms with van der Waals surface area (Å²) in [5.41, 5.74) is 2.91. The Morgan fingerprint density at radius 1 is 1.22 bits per heavy atom. The number of amides is 1. The Bertz CT molecular complexity index is 787. The molecule has 0 aromatic carbocycles. The van der Waals surface area contributed by atoms with Crippen molar-refractivity contribution in [3.63, 3.8) is 0 Å². The second kappa shape index (κ2) is 8.28. The Balaban J connectivity index is 1.72. The molecule has 2 heterocycles. The molecule has 1 N–H and O–H groups in total. The van der Waals surface area contributed by atoms with Crippen LogP contribution >= 0.6 is 0 Å². The first-order chi connectivity index (χ1) is 12.8. The molecular formula is C18H31N5O3S. The number of nitrogens with zero attached hydrogens (tertiary/aromatic N) is 4. The molecule has 1 aromatic rings. The van der Waals surface area contributed by atoms with E-state index in [9.17, 15) is 13.2 Å². The molecule has 0 bridgehead atoms. The van der Waals surface area contributed by atoms with Crippen LogP contribution in [0.2, 0.25) is 0 Å². The van der Waals surface area contributed by atoms with Crippen LogP contribution in [-0.2, 0) is 30.1 Å². The highest BCUT2D eigenvalue weighted by Crippen LogP contribution is 2.27. The zero-order valence-corrected chi connectivity index (χ0v) is 17.4. The highest BCUT2D eigenvalue weighted by Gasteiger charge is 2.32. The van der Waals surface area contributed by atoms with E-state index >= 15 is 0 Å². The van der Waals surface area contributed by atoms with Gasteiger partial charge in [-0.3, -0.25) is 9.48 Å². The number of piperidine rings is 1. The predicted octanol–water partition coefficient (Wildman–Crippen LogP) is 1.08. The smallest absolute Gasteiger partial charge is 0.278 e. The van der Waals surface area contributed by atoms with Crippen LogP contribution in [0.15, 0.2) is 0 Å². The number of carbonyl (C=O) groups excluding carboxylic acids is 1. The van der Waals surface area contributed by atoms with E-state index in [4.69, 9.17) is 0 Å². The van der Waals surface area contributed by atoms with Gasteiger partial charge in [0, 0.05) is 45.8 Å². The lowest BCUT2D eigenvalue weighted by Crippen LogP contribution is -2.46. The van der Waals surface area contributed by atoms with Crippen LogP contribution in [0.1, 0.15) is 60.3 Å². The molecule has 2 aliphatic rings. The topological polar surface area (TPSA) is 87.5 Å². The molecule has 1 saturated heterocycles. The van der Waals surface area contributed by atoms with Gasteiger partial charge in [-0.25, -0.2) is 4.72 Å². The number of aromatic nitrogens is 2. The molecule has 9 heteroatoms. The van der Waals surface area contributed by atoms with Gasteiger partial charge < -0.3 is 4.90 Å². The van der Waals surface area contributed by atoms with Crippen LogP contribution in [0, 0.1) is 0 Å². The van der Waals surface area contributed by atoms with Gasteiger partial charge in [-0.05, 0) is 51.4 Å². The maximum absolute atomic E-state index is 13.4. The highest BCUT2D eigenvalue weighted by molar-refractivity contribution is 7.87. The van der Waals surface area contributed by atoms with Gasteiger partial charge in [0.25, 0.3) is 16.1 Å². The largest absolute Gasteiger partial charge is 0.334 e. The molecule has 3 rings (SSSR count). The fourth-order valence-corrected chi connectivity index (χ4v) is 4.77. The van der Waals surface area contributed by atoms with Crippen LogP contribution in [-0.4, -0.2) is 66.5 Å².